The zero-order chi connectivity index (χ0) is 36.5. The molecule has 0 saturated carbocycles. The summed E-state index contributed by atoms with van der Waals surface area (Å²) in [4.78, 5) is 49.3. The van der Waals surface area contributed by atoms with Gasteiger partial charge in [0.2, 0.25) is 5.91 Å². The predicted octanol–water partition coefficient (Wildman–Crippen LogP) is 3.90. The molecule has 2 aromatic rings. The first-order chi connectivity index (χ1) is 24.1. The lowest BCUT2D eigenvalue weighted by Crippen LogP contribution is -2.32. The molecule has 50 heavy (non-hydrogen) atoms. The number of non-ortho nitro benzene ring substituents is 1. The highest BCUT2D eigenvalue weighted by atomic mass is 16.6. The van der Waals surface area contributed by atoms with Crippen LogP contribution in [0.1, 0.15) is 69.4 Å². The SMILES string of the molecule is COC(=O)C1=C(C)NC(C)=C(C(=O)OCCCCC(=O)NCCCCCNCC(O)COc2ccccc2C#N)C1c1cccc([N+](=O)[O-])c1. The lowest BCUT2D eigenvalue weighted by molar-refractivity contribution is -0.384. The van der Waals surface area contributed by atoms with E-state index in [1.165, 1.54) is 25.3 Å². The van der Waals surface area contributed by atoms with E-state index in [2.05, 4.69) is 22.0 Å². The van der Waals surface area contributed by atoms with Crippen molar-refractivity contribution >= 4 is 23.5 Å². The van der Waals surface area contributed by atoms with Gasteiger partial charge in [-0.25, -0.2) is 9.59 Å². The number of unbranched alkanes of at least 4 members (excludes halogenated alkanes) is 3. The number of benzene rings is 2. The van der Waals surface area contributed by atoms with Crippen molar-refractivity contribution in [2.75, 3.05) is 40.0 Å². The van der Waals surface area contributed by atoms with Crippen molar-refractivity contribution in [3.63, 3.8) is 0 Å². The van der Waals surface area contributed by atoms with E-state index in [0.29, 0.717) is 60.7 Å². The lowest BCUT2D eigenvalue weighted by atomic mass is 9.80. The molecule has 2 aromatic carbocycles. The van der Waals surface area contributed by atoms with Crippen LogP contribution in [0.2, 0.25) is 0 Å². The molecule has 1 aliphatic heterocycles. The molecule has 1 amide bonds. The molecule has 0 spiro atoms. The third kappa shape index (κ3) is 11.7. The smallest absolute Gasteiger partial charge is 0.336 e. The topological polar surface area (TPSA) is 202 Å². The van der Waals surface area contributed by atoms with Gasteiger partial charge in [0.15, 0.2) is 0 Å². The molecule has 1 aliphatic rings. The summed E-state index contributed by atoms with van der Waals surface area (Å²) in [7, 11) is 1.22. The van der Waals surface area contributed by atoms with Crippen molar-refractivity contribution in [3.05, 3.63) is 92.3 Å². The maximum absolute atomic E-state index is 13.3. The van der Waals surface area contributed by atoms with Crippen molar-refractivity contribution in [3.8, 4) is 11.8 Å². The van der Waals surface area contributed by atoms with Gasteiger partial charge < -0.3 is 35.3 Å². The van der Waals surface area contributed by atoms with Gasteiger partial charge in [-0.15, -0.1) is 0 Å². The number of carbonyl (C=O) groups excluding carboxylic acids is 3. The van der Waals surface area contributed by atoms with Gasteiger partial charge in [0.25, 0.3) is 5.69 Å². The normalized spacial score (nSPS) is 14.7. The maximum atomic E-state index is 13.3. The van der Waals surface area contributed by atoms with Gasteiger partial charge in [-0.05, 0) is 63.8 Å². The Bertz CT molecular complexity index is 1610. The number of methoxy groups -OCH3 is 1. The molecular weight excluding hydrogens is 646 g/mol. The fourth-order valence-corrected chi connectivity index (χ4v) is 5.49. The Morgan fingerprint density at radius 2 is 1.72 bits per heavy atom. The van der Waals surface area contributed by atoms with Gasteiger partial charge in [-0.1, -0.05) is 30.7 Å². The first-order valence-electron chi connectivity index (χ1n) is 16.5. The molecule has 0 saturated heterocycles. The number of para-hydroxylation sites is 1. The second kappa shape index (κ2) is 20.3. The summed E-state index contributed by atoms with van der Waals surface area (Å²) >= 11 is 0. The van der Waals surface area contributed by atoms with Crippen LogP contribution >= 0.6 is 0 Å². The fraction of sp³-hybridized carbons (Fsp3) is 0.444. The van der Waals surface area contributed by atoms with Crippen molar-refractivity contribution in [2.45, 2.75) is 64.4 Å². The summed E-state index contributed by atoms with van der Waals surface area (Å²) in [5.74, 6) is -1.95. The number of nitro benzene ring substituents is 1. The Labute approximate surface area is 291 Å². The second-order valence-electron chi connectivity index (χ2n) is 11.8. The summed E-state index contributed by atoms with van der Waals surface area (Å²) in [5, 5.41) is 39.8. The van der Waals surface area contributed by atoms with Gasteiger partial charge in [-0.3, -0.25) is 14.9 Å². The molecule has 2 unspecified atom stereocenters. The van der Waals surface area contributed by atoms with Crippen LogP contribution in [0.5, 0.6) is 5.75 Å². The number of aliphatic hydroxyl groups is 1. The number of aliphatic hydroxyl groups excluding tert-OH is 1. The molecule has 268 valence electrons. The summed E-state index contributed by atoms with van der Waals surface area (Å²) < 4.78 is 16.1. The number of hydrogen-bond donors (Lipinski definition) is 4. The number of amides is 1. The van der Waals surface area contributed by atoms with E-state index in [9.17, 15) is 29.6 Å². The zero-order valence-electron chi connectivity index (χ0n) is 28.7. The summed E-state index contributed by atoms with van der Waals surface area (Å²) in [5.41, 5.74) is 1.82. The molecule has 0 bridgehead atoms. The third-order valence-electron chi connectivity index (χ3n) is 8.00. The predicted molar refractivity (Wildman–Crippen MR) is 184 cm³/mol. The number of nitro groups is 1. The lowest BCUT2D eigenvalue weighted by Gasteiger charge is -2.30. The highest BCUT2D eigenvalue weighted by molar-refractivity contribution is 5.99. The number of nitrogens with zero attached hydrogens (tertiary/aromatic N) is 2. The Kier molecular flexibility index (Phi) is 15.9. The molecule has 4 N–H and O–H groups in total. The van der Waals surface area contributed by atoms with E-state index in [1.807, 2.05) is 0 Å². The Hall–Kier alpha value is -5.26. The van der Waals surface area contributed by atoms with Crippen LogP contribution in [0.4, 0.5) is 5.69 Å². The Balaban J connectivity index is 1.33. The molecule has 0 fully saturated rings. The van der Waals surface area contributed by atoms with Crippen molar-refractivity contribution in [1.82, 2.24) is 16.0 Å². The van der Waals surface area contributed by atoms with Gasteiger partial charge in [-0.2, -0.15) is 5.26 Å². The highest BCUT2D eigenvalue weighted by Crippen LogP contribution is 2.40. The molecule has 3 rings (SSSR count). The number of allylic oxidation sites excluding steroid dienone is 2. The first-order valence-corrected chi connectivity index (χ1v) is 16.5. The number of ether oxygens (including phenoxy) is 3. The van der Waals surface area contributed by atoms with E-state index in [4.69, 9.17) is 19.5 Å². The number of rotatable bonds is 20. The number of hydrogen-bond acceptors (Lipinski definition) is 12. The summed E-state index contributed by atoms with van der Waals surface area (Å²) in [6.07, 6.45) is 3.05. The molecule has 2 atom stereocenters. The monoisotopic (exact) mass is 691 g/mol. The van der Waals surface area contributed by atoms with Crippen molar-refractivity contribution < 1.29 is 38.6 Å². The quantitative estimate of drug-likeness (QED) is 0.0676. The van der Waals surface area contributed by atoms with E-state index in [0.717, 1.165) is 19.3 Å². The van der Waals surface area contributed by atoms with Crippen LogP contribution in [0.3, 0.4) is 0 Å². The van der Waals surface area contributed by atoms with E-state index in [-0.39, 0.29) is 42.4 Å². The number of nitrogens with one attached hydrogen (secondary N) is 3. The van der Waals surface area contributed by atoms with Gasteiger partial charge >= 0.3 is 11.9 Å². The minimum atomic E-state index is -0.941. The van der Waals surface area contributed by atoms with Gasteiger partial charge in [0.1, 0.15) is 24.5 Å². The number of nitriles is 1. The first kappa shape index (κ1) is 39.2. The fourth-order valence-electron chi connectivity index (χ4n) is 5.49. The zero-order valence-corrected chi connectivity index (χ0v) is 28.7. The maximum Gasteiger partial charge on any atom is 0.336 e. The van der Waals surface area contributed by atoms with Crippen LogP contribution in [0, 0.1) is 21.4 Å². The van der Waals surface area contributed by atoms with Crippen molar-refractivity contribution in [2.24, 2.45) is 0 Å². The molecular formula is C36H45N5O9. The molecule has 1 heterocycles. The standard InChI is InChI=1S/C36H45N5O9/c1-24-32(35(44)48-3)34(26-13-11-14-28(20-26)41(46)47)33(25(2)40-24)36(45)49-19-10-7-16-31(43)39-18-9-4-8-17-38-22-29(42)23-50-30-15-6-5-12-27(30)21-37/h5-6,11-15,20,29,34,38,40,42H,4,7-10,16-19,22-23H2,1-3H3,(H,39,43). The molecule has 0 radical (unpaired) electrons. The van der Waals surface area contributed by atoms with E-state index < -0.39 is 28.9 Å². The van der Waals surface area contributed by atoms with Crippen LogP contribution < -0.4 is 20.7 Å². The average Bonchev–Trinajstić information content (AvgIpc) is 3.11. The number of carbonyl (C=O) groups is 3. The Morgan fingerprint density at radius 1 is 1.00 bits per heavy atom. The highest BCUT2D eigenvalue weighted by Gasteiger charge is 2.38. The minimum absolute atomic E-state index is 0.0434. The second-order valence-corrected chi connectivity index (χ2v) is 11.8. The van der Waals surface area contributed by atoms with Crippen LogP contribution in [0.25, 0.3) is 0 Å². The number of esters is 2. The largest absolute Gasteiger partial charge is 0.489 e. The van der Waals surface area contributed by atoms with E-state index >= 15 is 0 Å². The van der Waals surface area contributed by atoms with E-state index in [1.54, 1.807) is 44.2 Å². The van der Waals surface area contributed by atoms with Gasteiger partial charge in [0, 0.05) is 43.0 Å². The minimum Gasteiger partial charge on any atom is -0.489 e. The van der Waals surface area contributed by atoms with Crippen molar-refractivity contribution in [1.29, 1.82) is 5.26 Å². The molecule has 14 heteroatoms. The van der Waals surface area contributed by atoms with Crippen LogP contribution in [-0.2, 0) is 23.9 Å². The molecule has 0 aromatic heterocycles. The van der Waals surface area contributed by atoms with Gasteiger partial charge in [0.05, 0.1) is 41.3 Å². The molecule has 0 aliphatic carbocycles. The average molecular weight is 692 g/mol. The third-order valence-corrected chi connectivity index (χ3v) is 8.00. The summed E-state index contributed by atoms with van der Waals surface area (Å²) in [6, 6.07) is 14.7. The van der Waals surface area contributed by atoms with Crippen LogP contribution in [0.15, 0.2) is 71.1 Å². The Morgan fingerprint density at radius 3 is 2.44 bits per heavy atom. The van der Waals surface area contributed by atoms with Crippen LogP contribution in [-0.4, -0.2) is 73.9 Å². The number of dihydropyridines is 1. The summed E-state index contributed by atoms with van der Waals surface area (Å²) in [6.45, 7) is 5.06. The molecule has 14 nitrogen and oxygen atoms in total.